The molecule has 0 saturated heterocycles. The van der Waals surface area contributed by atoms with Gasteiger partial charge >= 0.3 is 0 Å². The van der Waals surface area contributed by atoms with Crippen LogP contribution in [0.25, 0.3) is 0 Å². The van der Waals surface area contributed by atoms with Gasteiger partial charge in [-0.2, -0.15) is 8.42 Å². The number of carbonyl (C=O) groups is 1. The Morgan fingerprint density at radius 3 is 2.31 bits per heavy atom. The van der Waals surface area contributed by atoms with Crippen molar-refractivity contribution in [3.05, 3.63) is 65.7 Å². The van der Waals surface area contributed by atoms with Gasteiger partial charge in [-0.15, -0.1) is 0 Å². The van der Waals surface area contributed by atoms with Crippen molar-refractivity contribution in [1.29, 1.82) is 0 Å². The van der Waals surface area contributed by atoms with Crippen LogP contribution in [0.4, 0.5) is 0 Å². The lowest BCUT2D eigenvalue weighted by atomic mass is 9.68. The number of carbonyl (C=O) groups excluding carboxylic acids is 1. The number of para-hydroxylation sites is 1. The van der Waals surface area contributed by atoms with Crippen molar-refractivity contribution in [2.24, 2.45) is 0 Å². The van der Waals surface area contributed by atoms with Crippen LogP contribution in [0.2, 0.25) is 0 Å². The third-order valence-corrected chi connectivity index (χ3v) is 6.15. The van der Waals surface area contributed by atoms with Gasteiger partial charge in [0.05, 0.1) is 25.0 Å². The smallest absolute Gasteiger partial charge is 0.264 e. The molecule has 0 heterocycles. The number of nitrogens with one attached hydrogen (secondary N) is 1. The van der Waals surface area contributed by atoms with Crippen molar-refractivity contribution < 1.29 is 22.1 Å². The van der Waals surface area contributed by atoms with Gasteiger partial charge in [0, 0.05) is 12.0 Å². The fourth-order valence-electron chi connectivity index (χ4n) is 4.02. The highest BCUT2D eigenvalue weighted by molar-refractivity contribution is 7.86. The van der Waals surface area contributed by atoms with E-state index in [2.05, 4.69) is 17.4 Å². The molecule has 0 atom stereocenters. The maximum atomic E-state index is 12.8. The number of ether oxygens (including phenoxy) is 1. The van der Waals surface area contributed by atoms with Crippen LogP contribution in [-0.4, -0.2) is 40.3 Å². The lowest BCUT2D eigenvalue weighted by molar-refractivity contribution is 0.0907. The molecule has 7 heteroatoms. The molecule has 1 aliphatic rings. The zero-order valence-corrected chi connectivity index (χ0v) is 17.6. The van der Waals surface area contributed by atoms with Crippen LogP contribution in [0.3, 0.4) is 0 Å². The van der Waals surface area contributed by atoms with E-state index in [1.807, 2.05) is 24.3 Å². The summed E-state index contributed by atoms with van der Waals surface area (Å²) in [5.74, 6) is 0.344. The average Bonchev–Trinajstić information content (AvgIpc) is 2.73. The summed E-state index contributed by atoms with van der Waals surface area (Å²) in [6.07, 6.45) is 3.46. The Morgan fingerprint density at radius 1 is 1.07 bits per heavy atom. The topological polar surface area (TPSA) is 81.7 Å². The Bertz CT molecular complexity index is 935. The molecule has 1 aliphatic carbocycles. The molecular formula is C22H27NO5S. The number of benzene rings is 2. The number of methoxy groups -OCH3 is 1. The SMILES string of the molecule is COc1ccccc1C(=O)NC[C@]1(c2ccccc2)CC[C@@H](OS(C)(=O)=O)CC1. The van der Waals surface area contributed by atoms with Crippen molar-refractivity contribution in [1.82, 2.24) is 5.32 Å². The summed E-state index contributed by atoms with van der Waals surface area (Å²) in [6, 6.07) is 17.2. The van der Waals surface area contributed by atoms with Crippen LogP contribution in [0, 0.1) is 0 Å². The van der Waals surface area contributed by atoms with E-state index in [-0.39, 0.29) is 17.4 Å². The molecule has 0 aliphatic heterocycles. The third kappa shape index (κ3) is 5.36. The van der Waals surface area contributed by atoms with Gasteiger partial charge in [-0.3, -0.25) is 8.98 Å². The molecule has 1 fully saturated rings. The number of amides is 1. The lowest BCUT2D eigenvalue weighted by Crippen LogP contribution is -2.44. The van der Waals surface area contributed by atoms with Gasteiger partial charge < -0.3 is 10.1 Å². The zero-order chi connectivity index (χ0) is 20.9. The molecule has 156 valence electrons. The molecule has 29 heavy (non-hydrogen) atoms. The maximum absolute atomic E-state index is 12.8. The fourth-order valence-corrected chi connectivity index (χ4v) is 4.71. The van der Waals surface area contributed by atoms with Gasteiger partial charge in [-0.25, -0.2) is 0 Å². The first kappa shape index (κ1) is 21.3. The largest absolute Gasteiger partial charge is 0.496 e. The lowest BCUT2D eigenvalue weighted by Gasteiger charge is -2.40. The van der Waals surface area contributed by atoms with Crippen molar-refractivity contribution in [2.75, 3.05) is 19.9 Å². The van der Waals surface area contributed by atoms with Crippen LogP contribution < -0.4 is 10.1 Å². The van der Waals surface area contributed by atoms with Gasteiger partial charge in [0.25, 0.3) is 16.0 Å². The minimum absolute atomic E-state index is 0.188. The molecule has 1 N–H and O–H groups in total. The van der Waals surface area contributed by atoms with E-state index >= 15 is 0 Å². The first-order valence-corrected chi connectivity index (χ1v) is 11.5. The van der Waals surface area contributed by atoms with E-state index < -0.39 is 10.1 Å². The minimum Gasteiger partial charge on any atom is -0.496 e. The van der Waals surface area contributed by atoms with E-state index in [1.54, 1.807) is 25.3 Å². The second kappa shape index (κ2) is 8.97. The van der Waals surface area contributed by atoms with Crippen molar-refractivity contribution >= 4 is 16.0 Å². The van der Waals surface area contributed by atoms with E-state index in [0.717, 1.165) is 24.7 Å². The minimum atomic E-state index is -3.48. The number of hydrogen-bond donors (Lipinski definition) is 1. The van der Waals surface area contributed by atoms with Crippen LogP contribution in [0.15, 0.2) is 54.6 Å². The quantitative estimate of drug-likeness (QED) is 0.699. The zero-order valence-electron chi connectivity index (χ0n) is 16.8. The molecule has 6 nitrogen and oxygen atoms in total. The van der Waals surface area contributed by atoms with Crippen molar-refractivity contribution in [3.63, 3.8) is 0 Å². The summed E-state index contributed by atoms with van der Waals surface area (Å²) in [7, 11) is -1.94. The first-order valence-electron chi connectivity index (χ1n) is 9.68. The molecule has 1 saturated carbocycles. The Kier molecular flexibility index (Phi) is 6.59. The van der Waals surface area contributed by atoms with Crippen LogP contribution in [0.5, 0.6) is 5.75 Å². The van der Waals surface area contributed by atoms with Crippen LogP contribution in [-0.2, 0) is 19.7 Å². The summed E-state index contributed by atoms with van der Waals surface area (Å²) in [5, 5.41) is 3.07. The molecule has 0 unspecified atom stereocenters. The van der Waals surface area contributed by atoms with E-state index in [9.17, 15) is 13.2 Å². The Morgan fingerprint density at radius 2 is 1.69 bits per heavy atom. The monoisotopic (exact) mass is 417 g/mol. The normalized spacial score (nSPS) is 22.1. The highest BCUT2D eigenvalue weighted by Crippen LogP contribution is 2.40. The standard InChI is InChI=1S/C22H27NO5S/c1-27-20-11-7-6-10-19(20)21(24)23-16-22(17-8-4-3-5-9-17)14-12-18(13-15-22)28-29(2,25)26/h3-11,18H,12-16H2,1-2H3,(H,23,24)/t18-,22+. The Labute approximate surface area is 172 Å². The van der Waals surface area contributed by atoms with Gasteiger partial charge in [-0.05, 0) is 43.4 Å². The second-order valence-corrected chi connectivity index (χ2v) is 9.13. The number of hydrogen-bond acceptors (Lipinski definition) is 5. The van der Waals surface area contributed by atoms with Crippen molar-refractivity contribution in [2.45, 2.75) is 37.2 Å². The summed E-state index contributed by atoms with van der Waals surface area (Å²) < 4.78 is 33.4. The summed E-state index contributed by atoms with van der Waals surface area (Å²) in [4.78, 5) is 12.8. The number of rotatable bonds is 7. The molecular weight excluding hydrogens is 390 g/mol. The molecule has 2 aromatic carbocycles. The predicted molar refractivity (Wildman–Crippen MR) is 112 cm³/mol. The van der Waals surface area contributed by atoms with Crippen molar-refractivity contribution in [3.8, 4) is 5.75 Å². The summed E-state index contributed by atoms with van der Waals surface area (Å²) in [5.41, 5.74) is 1.36. The van der Waals surface area contributed by atoms with Crippen LogP contribution >= 0.6 is 0 Å². The first-order chi connectivity index (χ1) is 13.8. The molecule has 3 rings (SSSR count). The van der Waals surface area contributed by atoms with Crippen LogP contribution in [0.1, 0.15) is 41.6 Å². The second-order valence-electron chi connectivity index (χ2n) is 7.53. The van der Waals surface area contributed by atoms with Gasteiger partial charge in [0.1, 0.15) is 5.75 Å². The third-order valence-electron chi connectivity index (χ3n) is 5.53. The predicted octanol–water partition coefficient (Wildman–Crippen LogP) is 3.28. The highest BCUT2D eigenvalue weighted by atomic mass is 32.2. The van der Waals surface area contributed by atoms with Gasteiger partial charge in [-0.1, -0.05) is 42.5 Å². The maximum Gasteiger partial charge on any atom is 0.264 e. The van der Waals surface area contributed by atoms with E-state index in [1.165, 1.54) is 0 Å². The molecule has 0 radical (unpaired) electrons. The molecule has 0 bridgehead atoms. The average molecular weight is 418 g/mol. The molecule has 1 amide bonds. The molecule has 0 spiro atoms. The Hall–Kier alpha value is -2.38. The fraction of sp³-hybridized carbons (Fsp3) is 0.409. The van der Waals surface area contributed by atoms with E-state index in [0.29, 0.717) is 30.7 Å². The summed E-state index contributed by atoms with van der Waals surface area (Å²) in [6.45, 7) is 0.458. The van der Waals surface area contributed by atoms with Gasteiger partial charge in [0.2, 0.25) is 0 Å². The Balaban J connectivity index is 1.76. The molecule has 0 aromatic heterocycles. The molecule has 2 aromatic rings. The van der Waals surface area contributed by atoms with E-state index in [4.69, 9.17) is 8.92 Å². The summed E-state index contributed by atoms with van der Waals surface area (Å²) >= 11 is 0. The van der Waals surface area contributed by atoms with Gasteiger partial charge in [0.15, 0.2) is 0 Å². The highest BCUT2D eigenvalue weighted by Gasteiger charge is 2.38.